The van der Waals surface area contributed by atoms with Gasteiger partial charge in [-0.15, -0.1) is 0 Å². The molecular formula is C21H33N3O4S. The Morgan fingerprint density at radius 1 is 1.03 bits per heavy atom. The number of nitrogens with zero attached hydrogens (tertiary/aromatic N) is 2. The van der Waals surface area contributed by atoms with Gasteiger partial charge in [-0.05, 0) is 36.0 Å². The SMILES string of the molecule is CC[C@@H](C)c1ccc(S(=O)(=O)N2CCN(C(=O)[C@H](NC(C)=O)C(C)C)CC2)cc1. The minimum Gasteiger partial charge on any atom is -0.344 e. The van der Waals surface area contributed by atoms with Crippen LogP contribution in [0, 0.1) is 5.92 Å². The topological polar surface area (TPSA) is 86.8 Å². The van der Waals surface area contributed by atoms with Gasteiger partial charge in [0.15, 0.2) is 0 Å². The highest BCUT2D eigenvalue weighted by Gasteiger charge is 2.33. The minimum atomic E-state index is -3.59. The number of sulfonamides is 1. The van der Waals surface area contributed by atoms with Crippen LogP contribution in [0.1, 0.15) is 52.5 Å². The first-order valence-electron chi connectivity index (χ1n) is 10.2. The third-order valence-corrected chi connectivity index (χ3v) is 7.45. The molecular weight excluding hydrogens is 390 g/mol. The summed E-state index contributed by atoms with van der Waals surface area (Å²) >= 11 is 0. The van der Waals surface area contributed by atoms with Crippen molar-refractivity contribution in [2.45, 2.75) is 57.9 Å². The molecule has 0 aromatic heterocycles. The molecule has 1 saturated heterocycles. The first kappa shape index (κ1) is 23.3. The zero-order chi connectivity index (χ0) is 21.8. The lowest BCUT2D eigenvalue weighted by molar-refractivity contribution is -0.138. The molecule has 0 unspecified atom stereocenters. The van der Waals surface area contributed by atoms with Gasteiger partial charge in [0.25, 0.3) is 0 Å². The molecule has 8 heteroatoms. The molecule has 0 aliphatic carbocycles. The number of nitrogens with one attached hydrogen (secondary N) is 1. The molecule has 1 aromatic rings. The highest BCUT2D eigenvalue weighted by atomic mass is 32.2. The predicted octanol–water partition coefficient (Wildman–Crippen LogP) is 2.19. The summed E-state index contributed by atoms with van der Waals surface area (Å²) in [5.41, 5.74) is 1.12. The first-order valence-corrected chi connectivity index (χ1v) is 11.7. The van der Waals surface area contributed by atoms with Gasteiger partial charge in [-0.1, -0.05) is 39.8 Å². The van der Waals surface area contributed by atoms with E-state index in [1.54, 1.807) is 17.0 Å². The summed E-state index contributed by atoms with van der Waals surface area (Å²) in [6.07, 6.45) is 0.998. The highest BCUT2D eigenvalue weighted by Crippen LogP contribution is 2.23. The third kappa shape index (κ3) is 5.57. The van der Waals surface area contributed by atoms with Crippen molar-refractivity contribution in [3.05, 3.63) is 29.8 Å². The van der Waals surface area contributed by atoms with Crippen molar-refractivity contribution in [3.8, 4) is 0 Å². The molecule has 2 amide bonds. The van der Waals surface area contributed by atoms with E-state index in [0.29, 0.717) is 19.0 Å². The van der Waals surface area contributed by atoms with Crippen LogP contribution in [-0.4, -0.2) is 61.7 Å². The maximum atomic E-state index is 13.0. The largest absolute Gasteiger partial charge is 0.344 e. The van der Waals surface area contributed by atoms with Crippen molar-refractivity contribution in [1.29, 1.82) is 0 Å². The van der Waals surface area contributed by atoms with Gasteiger partial charge in [0.2, 0.25) is 21.8 Å². The van der Waals surface area contributed by atoms with Crippen molar-refractivity contribution < 1.29 is 18.0 Å². The van der Waals surface area contributed by atoms with Gasteiger partial charge in [0.1, 0.15) is 6.04 Å². The first-order chi connectivity index (χ1) is 13.6. The molecule has 0 bridgehead atoms. The number of carbonyl (C=O) groups is 2. The standard InChI is InChI=1S/C21H33N3O4S/c1-6-16(4)18-7-9-19(10-8-18)29(27,28)24-13-11-23(12-14-24)21(26)20(15(2)3)22-17(5)25/h7-10,15-16,20H,6,11-14H2,1-5H3,(H,22,25)/t16-,20-/m1/s1. The van der Waals surface area contributed by atoms with E-state index in [1.165, 1.54) is 11.2 Å². The van der Waals surface area contributed by atoms with Crippen LogP contribution in [0.4, 0.5) is 0 Å². The zero-order valence-electron chi connectivity index (χ0n) is 18.0. The van der Waals surface area contributed by atoms with Gasteiger partial charge in [0.05, 0.1) is 4.90 Å². The van der Waals surface area contributed by atoms with E-state index in [1.807, 2.05) is 26.0 Å². The Morgan fingerprint density at radius 3 is 2.03 bits per heavy atom. The summed E-state index contributed by atoms with van der Waals surface area (Å²) in [4.78, 5) is 26.1. The number of carbonyl (C=O) groups excluding carboxylic acids is 2. The van der Waals surface area contributed by atoms with Crippen molar-refractivity contribution in [1.82, 2.24) is 14.5 Å². The smallest absolute Gasteiger partial charge is 0.245 e. The molecule has 1 heterocycles. The van der Waals surface area contributed by atoms with Crippen molar-refractivity contribution >= 4 is 21.8 Å². The van der Waals surface area contributed by atoms with Crippen LogP contribution in [0.3, 0.4) is 0 Å². The van der Waals surface area contributed by atoms with Crippen LogP contribution in [0.15, 0.2) is 29.2 Å². The Kier molecular flexibility index (Phi) is 7.82. The zero-order valence-corrected chi connectivity index (χ0v) is 18.8. The number of rotatable bonds is 7. The lowest BCUT2D eigenvalue weighted by Crippen LogP contribution is -2.56. The number of hydrogen-bond acceptors (Lipinski definition) is 4. The highest BCUT2D eigenvalue weighted by molar-refractivity contribution is 7.89. The Bertz CT molecular complexity index is 813. The number of hydrogen-bond donors (Lipinski definition) is 1. The molecule has 2 rings (SSSR count). The summed E-state index contributed by atoms with van der Waals surface area (Å²) in [7, 11) is -3.59. The Balaban J connectivity index is 2.05. The second-order valence-electron chi connectivity index (χ2n) is 8.03. The monoisotopic (exact) mass is 423 g/mol. The molecule has 1 fully saturated rings. The lowest BCUT2D eigenvalue weighted by atomic mass is 9.99. The summed E-state index contributed by atoms with van der Waals surface area (Å²) in [5, 5.41) is 2.70. The fourth-order valence-electron chi connectivity index (χ4n) is 3.43. The van der Waals surface area contributed by atoms with Crippen LogP contribution in [0.25, 0.3) is 0 Å². The summed E-state index contributed by atoms with van der Waals surface area (Å²) in [6.45, 7) is 10.5. The van der Waals surface area contributed by atoms with Crippen LogP contribution >= 0.6 is 0 Å². The summed E-state index contributed by atoms with van der Waals surface area (Å²) in [5.74, 6) is -0.0692. The minimum absolute atomic E-state index is 0.0443. The van der Waals surface area contributed by atoms with Gasteiger partial charge in [0, 0.05) is 33.1 Å². The third-order valence-electron chi connectivity index (χ3n) is 5.54. The fourth-order valence-corrected chi connectivity index (χ4v) is 4.85. The van der Waals surface area contributed by atoms with Crippen LogP contribution in [-0.2, 0) is 19.6 Å². The number of benzene rings is 1. The molecule has 1 aliphatic heterocycles. The van der Waals surface area contributed by atoms with Crippen LogP contribution in [0.5, 0.6) is 0 Å². The average molecular weight is 424 g/mol. The van der Waals surface area contributed by atoms with E-state index in [4.69, 9.17) is 0 Å². The van der Waals surface area contributed by atoms with Gasteiger partial charge < -0.3 is 10.2 Å². The quantitative estimate of drug-likeness (QED) is 0.728. The van der Waals surface area contributed by atoms with E-state index in [9.17, 15) is 18.0 Å². The van der Waals surface area contributed by atoms with E-state index >= 15 is 0 Å². The van der Waals surface area contributed by atoms with E-state index in [-0.39, 0.29) is 35.7 Å². The molecule has 1 aliphatic rings. The lowest BCUT2D eigenvalue weighted by Gasteiger charge is -2.36. The molecule has 162 valence electrons. The van der Waals surface area contributed by atoms with Gasteiger partial charge in [-0.3, -0.25) is 9.59 Å². The molecule has 1 N–H and O–H groups in total. The van der Waals surface area contributed by atoms with Gasteiger partial charge in [-0.25, -0.2) is 8.42 Å². The van der Waals surface area contributed by atoms with Gasteiger partial charge in [-0.2, -0.15) is 4.31 Å². The van der Waals surface area contributed by atoms with Crippen LogP contribution in [0.2, 0.25) is 0 Å². The molecule has 0 spiro atoms. The Hall–Kier alpha value is -1.93. The average Bonchev–Trinajstić information content (AvgIpc) is 2.70. The summed E-state index contributed by atoms with van der Waals surface area (Å²) in [6, 6.07) is 6.49. The Labute approximate surface area is 174 Å². The molecule has 0 radical (unpaired) electrons. The molecule has 0 saturated carbocycles. The molecule has 1 aromatic carbocycles. The van der Waals surface area contributed by atoms with Crippen LogP contribution < -0.4 is 5.32 Å². The maximum absolute atomic E-state index is 13.0. The number of amides is 2. The van der Waals surface area contributed by atoms with Crippen molar-refractivity contribution in [2.75, 3.05) is 26.2 Å². The molecule has 7 nitrogen and oxygen atoms in total. The second kappa shape index (κ2) is 9.71. The van der Waals surface area contributed by atoms with Crippen molar-refractivity contribution in [2.24, 2.45) is 5.92 Å². The second-order valence-corrected chi connectivity index (χ2v) is 9.97. The maximum Gasteiger partial charge on any atom is 0.245 e. The van der Waals surface area contributed by atoms with E-state index < -0.39 is 16.1 Å². The van der Waals surface area contributed by atoms with Crippen molar-refractivity contribution in [3.63, 3.8) is 0 Å². The summed E-state index contributed by atoms with van der Waals surface area (Å²) < 4.78 is 27.4. The van der Waals surface area contributed by atoms with Gasteiger partial charge >= 0.3 is 0 Å². The number of piperazine rings is 1. The molecule has 2 atom stereocenters. The fraction of sp³-hybridized carbons (Fsp3) is 0.619. The van der Waals surface area contributed by atoms with E-state index in [2.05, 4.69) is 19.2 Å². The van der Waals surface area contributed by atoms with E-state index in [0.717, 1.165) is 12.0 Å². The predicted molar refractivity (Wildman–Crippen MR) is 113 cm³/mol. The Morgan fingerprint density at radius 2 is 1.59 bits per heavy atom. The normalized spacial score (nSPS) is 17.8. The molecule has 29 heavy (non-hydrogen) atoms.